The predicted molar refractivity (Wildman–Crippen MR) is 51.9 cm³/mol. The van der Waals surface area contributed by atoms with Gasteiger partial charge in [0.1, 0.15) is 5.76 Å². The van der Waals surface area contributed by atoms with Crippen molar-refractivity contribution in [2.24, 2.45) is 0 Å². The first kappa shape index (κ1) is 11.0. The molecule has 14 heavy (non-hydrogen) atoms. The van der Waals surface area contributed by atoms with Crippen molar-refractivity contribution in [1.82, 2.24) is 0 Å². The molecule has 0 aliphatic heterocycles. The Morgan fingerprint density at radius 2 is 2.36 bits per heavy atom. The molecular weight excluding hydrogens is 207 g/mol. The Balaban J connectivity index is 2.55. The number of hydrogen-bond donors (Lipinski definition) is 0. The van der Waals surface area contributed by atoms with Crippen molar-refractivity contribution in [3.63, 3.8) is 0 Å². The lowest BCUT2D eigenvalue weighted by atomic mass is 10.2. The molecule has 3 nitrogen and oxygen atoms in total. The van der Waals surface area contributed by atoms with Gasteiger partial charge in [-0.2, -0.15) is 8.42 Å². The molecule has 0 aliphatic carbocycles. The van der Waals surface area contributed by atoms with Crippen LogP contribution in [0, 0.1) is 0 Å². The molecule has 0 fully saturated rings. The van der Waals surface area contributed by atoms with E-state index in [0.29, 0.717) is 5.76 Å². The average Bonchev–Trinajstić information content (AvgIpc) is 2.52. The number of rotatable bonds is 4. The molecule has 0 atom stereocenters. The van der Waals surface area contributed by atoms with E-state index in [4.69, 9.17) is 4.42 Å². The minimum absolute atomic E-state index is 0.180. The second-order valence-corrected chi connectivity index (χ2v) is 4.49. The monoisotopic (exact) mass is 218 g/mol. The largest absolute Gasteiger partial charge is 0.465 e. The average molecular weight is 218 g/mol. The van der Waals surface area contributed by atoms with Crippen LogP contribution in [0.15, 0.2) is 28.4 Å². The van der Waals surface area contributed by atoms with Gasteiger partial charge in [0.2, 0.25) is 0 Å². The van der Waals surface area contributed by atoms with E-state index in [-0.39, 0.29) is 6.42 Å². The van der Waals surface area contributed by atoms with Gasteiger partial charge in [0.15, 0.2) is 0 Å². The first-order valence-corrected chi connectivity index (χ1v) is 5.66. The fourth-order valence-corrected chi connectivity index (χ4v) is 1.54. The summed E-state index contributed by atoms with van der Waals surface area (Å²) in [7, 11) is -4.37. The number of halogens is 1. The molecule has 1 aromatic heterocycles. The van der Waals surface area contributed by atoms with Gasteiger partial charge in [0.05, 0.1) is 12.0 Å². The first-order valence-electron chi connectivity index (χ1n) is 4.10. The van der Waals surface area contributed by atoms with Crippen LogP contribution in [0.25, 0.3) is 6.08 Å². The standard InChI is InChI=1S/C9H11FO3S/c1-8(4-6-14(10,11)12)7-9-3-2-5-13-9/h2-3,5,7H,4,6H2,1H3/b8-7+. The van der Waals surface area contributed by atoms with Crippen LogP contribution in [0.2, 0.25) is 0 Å². The fourth-order valence-electron chi connectivity index (χ4n) is 0.971. The molecule has 0 saturated carbocycles. The highest BCUT2D eigenvalue weighted by molar-refractivity contribution is 7.86. The molecule has 1 aromatic rings. The molecule has 0 aliphatic rings. The maximum absolute atomic E-state index is 12.1. The molecule has 0 saturated heterocycles. The lowest BCUT2D eigenvalue weighted by Gasteiger charge is -1.96. The third-order valence-electron chi connectivity index (χ3n) is 1.67. The zero-order chi connectivity index (χ0) is 10.6. The van der Waals surface area contributed by atoms with Gasteiger partial charge in [-0.15, -0.1) is 3.89 Å². The number of allylic oxidation sites excluding steroid dienone is 1. The van der Waals surface area contributed by atoms with E-state index in [1.54, 1.807) is 25.1 Å². The van der Waals surface area contributed by atoms with E-state index in [9.17, 15) is 12.3 Å². The van der Waals surface area contributed by atoms with Gasteiger partial charge in [-0.1, -0.05) is 5.57 Å². The van der Waals surface area contributed by atoms with Gasteiger partial charge in [-0.25, -0.2) is 0 Å². The van der Waals surface area contributed by atoms with Gasteiger partial charge < -0.3 is 4.42 Å². The molecule has 5 heteroatoms. The van der Waals surface area contributed by atoms with Crippen LogP contribution < -0.4 is 0 Å². The van der Waals surface area contributed by atoms with Gasteiger partial charge >= 0.3 is 10.2 Å². The lowest BCUT2D eigenvalue weighted by Crippen LogP contribution is -1.98. The van der Waals surface area contributed by atoms with Crippen molar-refractivity contribution >= 4 is 16.3 Å². The van der Waals surface area contributed by atoms with Crippen LogP contribution in [0.4, 0.5) is 3.89 Å². The maximum Gasteiger partial charge on any atom is 0.302 e. The molecule has 1 heterocycles. The van der Waals surface area contributed by atoms with Crippen LogP contribution >= 0.6 is 0 Å². The molecule has 0 bridgehead atoms. The molecule has 0 amide bonds. The molecule has 0 radical (unpaired) electrons. The molecule has 78 valence electrons. The highest BCUT2D eigenvalue weighted by atomic mass is 32.3. The van der Waals surface area contributed by atoms with Crippen LogP contribution in [-0.2, 0) is 10.2 Å². The summed E-state index contributed by atoms with van der Waals surface area (Å²) < 4.78 is 37.6. The molecule has 1 rings (SSSR count). The van der Waals surface area contributed by atoms with Crippen LogP contribution in [-0.4, -0.2) is 14.2 Å². The molecule has 0 spiro atoms. The summed E-state index contributed by atoms with van der Waals surface area (Å²) in [5.74, 6) is 0.162. The Hall–Kier alpha value is -1.10. The minimum Gasteiger partial charge on any atom is -0.465 e. The summed E-state index contributed by atoms with van der Waals surface area (Å²) in [6.07, 6.45) is 3.38. The van der Waals surface area contributed by atoms with Crippen molar-refractivity contribution in [3.8, 4) is 0 Å². The quantitative estimate of drug-likeness (QED) is 0.729. The zero-order valence-corrected chi connectivity index (χ0v) is 8.55. The number of hydrogen-bond acceptors (Lipinski definition) is 3. The van der Waals surface area contributed by atoms with E-state index in [2.05, 4.69) is 0 Å². The SMILES string of the molecule is C/C(=C\c1ccco1)CCS(=O)(=O)F. The molecule has 0 unspecified atom stereocenters. The van der Waals surface area contributed by atoms with E-state index in [1.165, 1.54) is 6.26 Å². The predicted octanol–water partition coefficient (Wildman–Crippen LogP) is 2.37. The van der Waals surface area contributed by atoms with E-state index >= 15 is 0 Å². The summed E-state index contributed by atoms with van der Waals surface area (Å²) in [6, 6.07) is 3.47. The summed E-state index contributed by atoms with van der Waals surface area (Å²) in [5, 5.41) is 0. The van der Waals surface area contributed by atoms with Gasteiger partial charge in [-0.05, 0) is 31.6 Å². The maximum atomic E-state index is 12.1. The Bertz CT molecular complexity index is 403. The van der Waals surface area contributed by atoms with Crippen molar-refractivity contribution in [3.05, 3.63) is 29.7 Å². The minimum atomic E-state index is -4.37. The fraction of sp³-hybridized carbons (Fsp3) is 0.333. The Morgan fingerprint density at radius 1 is 1.64 bits per heavy atom. The first-order chi connectivity index (χ1) is 6.47. The molecule has 0 aromatic carbocycles. The van der Waals surface area contributed by atoms with Crippen molar-refractivity contribution in [1.29, 1.82) is 0 Å². The Morgan fingerprint density at radius 3 is 2.86 bits per heavy atom. The third kappa shape index (κ3) is 4.23. The van der Waals surface area contributed by atoms with Crippen LogP contribution in [0.1, 0.15) is 19.1 Å². The second kappa shape index (κ2) is 4.41. The van der Waals surface area contributed by atoms with Crippen molar-refractivity contribution in [2.45, 2.75) is 13.3 Å². The summed E-state index contributed by atoms with van der Waals surface area (Å²) in [6.45, 7) is 1.73. The van der Waals surface area contributed by atoms with Crippen molar-refractivity contribution < 1.29 is 16.7 Å². The Labute approximate surface area is 82.4 Å². The number of furan rings is 1. The topological polar surface area (TPSA) is 47.3 Å². The lowest BCUT2D eigenvalue weighted by molar-refractivity contribution is 0.550. The highest BCUT2D eigenvalue weighted by Crippen LogP contribution is 2.11. The van der Waals surface area contributed by atoms with E-state index in [1.807, 2.05) is 0 Å². The van der Waals surface area contributed by atoms with Gasteiger partial charge in [-0.3, -0.25) is 0 Å². The summed E-state index contributed by atoms with van der Waals surface area (Å²) in [5.41, 5.74) is 0.765. The summed E-state index contributed by atoms with van der Waals surface area (Å²) >= 11 is 0. The van der Waals surface area contributed by atoms with Crippen LogP contribution in [0.5, 0.6) is 0 Å². The zero-order valence-electron chi connectivity index (χ0n) is 7.73. The molecular formula is C9H11FO3S. The highest BCUT2D eigenvalue weighted by Gasteiger charge is 2.06. The smallest absolute Gasteiger partial charge is 0.302 e. The normalized spacial score (nSPS) is 13.1. The van der Waals surface area contributed by atoms with Gasteiger partial charge in [0, 0.05) is 0 Å². The summed E-state index contributed by atoms with van der Waals surface area (Å²) in [4.78, 5) is 0. The van der Waals surface area contributed by atoms with E-state index < -0.39 is 16.0 Å². The van der Waals surface area contributed by atoms with Crippen molar-refractivity contribution in [2.75, 3.05) is 5.75 Å². The second-order valence-electron chi connectivity index (χ2n) is 3.00. The van der Waals surface area contributed by atoms with Crippen LogP contribution in [0.3, 0.4) is 0 Å². The van der Waals surface area contributed by atoms with E-state index in [0.717, 1.165) is 5.57 Å². The third-order valence-corrected chi connectivity index (χ3v) is 2.36. The molecule has 0 N–H and O–H groups in total. The van der Waals surface area contributed by atoms with Gasteiger partial charge in [0.25, 0.3) is 0 Å². The Kier molecular flexibility index (Phi) is 3.46.